The number of rotatable bonds is 5. The van der Waals surface area contributed by atoms with Crippen molar-refractivity contribution < 1.29 is 0 Å². The smallest absolute Gasteiger partial charge is 0.300 e. The third kappa shape index (κ3) is 4.22. The Morgan fingerprint density at radius 2 is 1.71 bits per heavy atom. The quantitative estimate of drug-likeness (QED) is 0.432. The molecule has 2 aromatic carbocycles. The largest absolute Gasteiger partial charge is 0.330 e. The molecule has 0 spiro atoms. The summed E-state index contributed by atoms with van der Waals surface area (Å²) in [5.41, 5.74) is 2.84. The predicted octanol–water partition coefficient (Wildman–Crippen LogP) is 3.59. The van der Waals surface area contributed by atoms with E-state index in [1.165, 1.54) is 29.4 Å². The standard InChI is InChI=1S/C22H20ClN5O2S/c1-14-5-4-6-15(11-14)20-24-25-21(28(20)17-9-7-16(23)8-10-17)31-13-18-12-19(29)27(3)22(30)26(18)2/h4-12H,13H2,1-3H3. The van der Waals surface area contributed by atoms with Crippen LogP contribution in [0.15, 0.2) is 69.3 Å². The first-order chi connectivity index (χ1) is 14.8. The molecule has 7 nitrogen and oxygen atoms in total. The number of benzene rings is 2. The Balaban J connectivity index is 1.77. The van der Waals surface area contributed by atoms with Gasteiger partial charge in [-0.1, -0.05) is 47.1 Å². The van der Waals surface area contributed by atoms with Crippen molar-refractivity contribution in [1.29, 1.82) is 0 Å². The lowest BCUT2D eigenvalue weighted by Crippen LogP contribution is -2.37. The fraction of sp³-hybridized carbons (Fsp3) is 0.182. The molecule has 0 saturated heterocycles. The molecule has 158 valence electrons. The van der Waals surface area contributed by atoms with E-state index in [0.717, 1.165) is 21.4 Å². The molecule has 0 aliphatic carbocycles. The predicted molar refractivity (Wildman–Crippen MR) is 123 cm³/mol. The number of halogens is 1. The summed E-state index contributed by atoms with van der Waals surface area (Å²) in [6, 6.07) is 17.0. The van der Waals surface area contributed by atoms with Crippen LogP contribution in [-0.2, 0) is 19.8 Å². The molecule has 0 N–H and O–H groups in total. The molecule has 0 radical (unpaired) electrons. The van der Waals surface area contributed by atoms with Gasteiger partial charge in [0.1, 0.15) is 0 Å². The average molecular weight is 454 g/mol. The highest BCUT2D eigenvalue weighted by atomic mass is 35.5. The number of nitrogens with zero attached hydrogens (tertiary/aromatic N) is 5. The Hall–Kier alpha value is -3.10. The van der Waals surface area contributed by atoms with Gasteiger partial charge in [0, 0.05) is 47.9 Å². The zero-order chi connectivity index (χ0) is 22.1. The monoisotopic (exact) mass is 453 g/mol. The van der Waals surface area contributed by atoms with Crippen molar-refractivity contribution in [1.82, 2.24) is 23.9 Å². The van der Waals surface area contributed by atoms with Gasteiger partial charge in [-0.15, -0.1) is 10.2 Å². The highest BCUT2D eigenvalue weighted by Gasteiger charge is 2.17. The van der Waals surface area contributed by atoms with Crippen LogP contribution in [0, 0.1) is 6.92 Å². The molecule has 2 aromatic heterocycles. The van der Waals surface area contributed by atoms with Crippen LogP contribution in [0.3, 0.4) is 0 Å². The van der Waals surface area contributed by atoms with E-state index in [4.69, 9.17) is 11.6 Å². The third-order valence-corrected chi connectivity index (χ3v) is 6.18. The minimum Gasteiger partial charge on any atom is -0.300 e. The molecule has 4 aromatic rings. The van der Waals surface area contributed by atoms with E-state index in [9.17, 15) is 9.59 Å². The molecular formula is C22H20ClN5O2S. The number of aromatic nitrogens is 5. The fourth-order valence-corrected chi connectivity index (χ4v) is 4.31. The Morgan fingerprint density at radius 3 is 2.42 bits per heavy atom. The van der Waals surface area contributed by atoms with Crippen molar-refractivity contribution in [3.63, 3.8) is 0 Å². The van der Waals surface area contributed by atoms with Gasteiger partial charge < -0.3 is 0 Å². The first kappa shape index (κ1) is 21.1. The topological polar surface area (TPSA) is 74.7 Å². The van der Waals surface area contributed by atoms with Gasteiger partial charge in [0.2, 0.25) is 0 Å². The molecule has 0 saturated carbocycles. The van der Waals surface area contributed by atoms with Gasteiger partial charge in [-0.05, 0) is 37.3 Å². The first-order valence-corrected chi connectivity index (χ1v) is 10.9. The van der Waals surface area contributed by atoms with E-state index in [1.54, 1.807) is 7.05 Å². The van der Waals surface area contributed by atoms with Crippen LogP contribution in [0.5, 0.6) is 0 Å². The van der Waals surface area contributed by atoms with Gasteiger partial charge in [-0.25, -0.2) is 4.79 Å². The summed E-state index contributed by atoms with van der Waals surface area (Å²) in [6.45, 7) is 2.03. The van der Waals surface area contributed by atoms with E-state index < -0.39 is 0 Å². The summed E-state index contributed by atoms with van der Waals surface area (Å²) in [5.74, 6) is 1.09. The van der Waals surface area contributed by atoms with Gasteiger partial charge in [0.05, 0.1) is 0 Å². The molecule has 0 aliphatic rings. The maximum atomic E-state index is 12.2. The molecule has 0 unspecified atom stereocenters. The van der Waals surface area contributed by atoms with Crippen LogP contribution in [-0.4, -0.2) is 23.9 Å². The molecule has 0 fully saturated rings. The summed E-state index contributed by atoms with van der Waals surface area (Å²) in [6.07, 6.45) is 0. The average Bonchev–Trinajstić information content (AvgIpc) is 3.18. The maximum Gasteiger partial charge on any atom is 0.330 e. The molecule has 0 aliphatic heterocycles. The fourth-order valence-electron chi connectivity index (χ4n) is 3.21. The van der Waals surface area contributed by atoms with Crippen molar-refractivity contribution in [2.24, 2.45) is 14.1 Å². The van der Waals surface area contributed by atoms with Crippen LogP contribution in [0.2, 0.25) is 5.02 Å². The third-order valence-electron chi connectivity index (χ3n) is 4.97. The summed E-state index contributed by atoms with van der Waals surface area (Å²) < 4.78 is 4.51. The van der Waals surface area contributed by atoms with Gasteiger partial charge >= 0.3 is 5.69 Å². The molecule has 2 heterocycles. The number of hydrogen-bond donors (Lipinski definition) is 0. The SMILES string of the molecule is Cc1cccc(-c2nnc(SCc3cc(=O)n(C)c(=O)n3C)n2-c2ccc(Cl)cc2)c1. The minimum absolute atomic E-state index is 0.335. The summed E-state index contributed by atoms with van der Waals surface area (Å²) >= 11 is 7.49. The summed E-state index contributed by atoms with van der Waals surface area (Å²) in [4.78, 5) is 24.3. The minimum atomic E-state index is -0.359. The summed E-state index contributed by atoms with van der Waals surface area (Å²) in [5, 5.41) is 10.1. The second kappa shape index (κ2) is 8.56. The molecular weight excluding hydrogens is 434 g/mol. The Kier molecular flexibility index (Phi) is 5.84. The molecule has 0 amide bonds. The van der Waals surface area contributed by atoms with Crippen LogP contribution in [0.1, 0.15) is 11.3 Å². The van der Waals surface area contributed by atoms with Gasteiger partial charge in [-0.2, -0.15) is 0 Å². The lowest BCUT2D eigenvalue weighted by atomic mass is 10.1. The van der Waals surface area contributed by atoms with E-state index in [2.05, 4.69) is 16.3 Å². The van der Waals surface area contributed by atoms with E-state index >= 15 is 0 Å². The van der Waals surface area contributed by atoms with Crippen molar-refractivity contribution in [2.45, 2.75) is 17.8 Å². The number of thioether (sulfide) groups is 1. The van der Waals surface area contributed by atoms with Gasteiger partial charge in [-0.3, -0.25) is 18.5 Å². The molecule has 4 rings (SSSR count). The Bertz CT molecular complexity index is 1370. The Labute approximate surface area is 187 Å². The number of hydrogen-bond acceptors (Lipinski definition) is 5. The zero-order valence-electron chi connectivity index (χ0n) is 17.2. The summed E-state index contributed by atoms with van der Waals surface area (Å²) in [7, 11) is 3.12. The van der Waals surface area contributed by atoms with Crippen LogP contribution >= 0.6 is 23.4 Å². The molecule has 31 heavy (non-hydrogen) atoms. The van der Waals surface area contributed by atoms with E-state index in [1.807, 2.05) is 54.0 Å². The second-order valence-corrected chi connectivity index (χ2v) is 8.53. The highest BCUT2D eigenvalue weighted by molar-refractivity contribution is 7.98. The van der Waals surface area contributed by atoms with Gasteiger partial charge in [0.25, 0.3) is 5.56 Å². The molecule has 0 atom stereocenters. The van der Waals surface area contributed by atoms with Crippen molar-refractivity contribution in [3.05, 3.63) is 91.7 Å². The second-order valence-electron chi connectivity index (χ2n) is 7.15. The molecule has 9 heteroatoms. The van der Waals surface area contributed by atoms with E-state index in [-0.39, 0.29) is 11.2 Å². The van der Waals surface area contributed by atoms with E-state index in [0.29, 0.717) is 27.5 Å². The van der Waals surface area contributed by atoms with Crippen molar-refractivity contribution in [2.75, 3.05) is 0 Å². The normalized spacial score (nSPS) is 11.1. The van der Waals surface area contributed by atoms with Crippen molar-refractivity contribution in [3.8, 4) is 17.1 Å². The van der Waals surface area contributed by atoms with Crippen LogP contribution in [0.4, 0.5) is 0 Å². The Morgan fingerprint density at radius 1 is 0.968 bits per heavy atom. The lowest BCUT2D eigenvalue weighted by molar-refractivity contribution is 0.664. The maximum absolute atomic E-state index is 12.2. The van der Waals surface area contributed by atoms with Gasteiger partial charge in [0.15, 0.2) is 11.0 Å². The van der Waals surface area contributed by atoms with Crippen molar-refractivity contribution >= 4 is 23.4 Å². The number of aryl methyl sites for hydroxylation is 1. The molecule has 0 bridgehead atoms. The van der Waals surface area contributed by atoms with Crippen LogP contribution < -0.4 is 11.2 Å². The highest BCUT2D eigenvalue weighted by Crippen LogP contribution is 2.30. The lowest BCUT2D eigenvalue weighted by Gasteiger charge is -2.12. The first-order valence-electron chi connectivity index (χ1n) is 9.52. The zero-order valence-corrected chi connectivity index (χ0v) is 18.8. The van der Waals surface area contributed by atoms with Crippen LogP contribution in [0.25, 0.3) is 17.1 Å².